The fraction of sp³-hybridized carbons (Fsp3) is 0.333. The fourth-order valence-electron chi connectivity index (χ4n) is 5.16. The van der Waals surface area contributed by atoms with Gasteiger partial charge in [0.05, 0.1) is 17.8 Å². The molecule has 5 amide bonds. The zero-order valence-corrected chi connectivity index (χ0v) is 18.4. The molecule has 8 nitrogen and oxygen atoms in total. The summed E-state index contributed by atoms with van der Waals surface area (Å²) in [4.78, 5) is 53.0. The van der Waals surface area contributed by atoms with Crippen molar-refractivity contribution in [2.45, 2.75) is 43.4 Å². The third-order valence-electron chi connectivity index (χ3n) is 6.72. The third kappa shape index (κ3) is 3.71. The number of nitrogens with zero attached hydrogens (tertiary/aromatic N) is 2. The first-order chi connectivity index (χ1) is 16.6. The number of fused-ring (bicyclic) bond motifs is 3. The van der Waals surface area contributed by atoms with Gasteiger partial charge < -0.3 is 10.6 Å². The molecule has 0 unspecified atom stereocenters. The molecule has 2 N–H and O–H groups in total. The molecule has 1 fully saturated rings. The Labute approximate surface area is 198 Å². The largest absolute Gasteiger partial charge is 0.409 e. The molecule has 1 saturated heterocycles. The number of hydrogen-bond donors (Lipinski definition) is 2. The smallest absolute Gasteiger partial charge is 0.324 e. The van der Waals surface area contributed by atoms with Crippen molar-refractivity contribution < 1.29 is 32.3 Å². The lowest BCUT2D eigenvalue weighted by atomic mass is 9.76. The molecule has 5 rings (SSSR count). The number of aryl methyl sites for hydroxylation is 1. The third-order valence-corrected chi connectivity index (χ3v) is 6.72. The lowest BCUT2D eigenvalue weighted by Crippen LogP contribution is -2.53. The number of halogens is 3. The van der Waals surface area contributed by atoms with Crippen molar-refractivity contribution in [3.05, 3.63) is 59.7 Å². The zero-order chi connectivity index (χ0) is 25.0. The minimum atomic E-state index is -4.93. The number of rotatable bonds is 2. The second-order valence-electron chi connectivity index (χ2n) is 8.83. The Bertz CT molecular complexity index is 1250. The Morgan fingerprint density at radius 2 is 1.77 bits per heavy atom. The summed E-state index contributed by atoms with van der Waals surface area (Å²) in [5.41, 5.74) is 0.0402. The van der Waals surface area contributed by atoms with Gasteiger partial charge in [-0.25, -0.2) is 4.79 Å². The van der Waals surface area contributed by atoms with Gasteiger partial charge >= 0.3 is 12.2 Å². The predicted molar refractivity (Wildman–Crippen MR) is 118 cm³/mol. The molecule has 0 radical (unpaired) electrons. The Balaban J connectivity index is 1.50. The van der Waals surface area contributed by atoms with Crippen LogP contribution in [-0.4, -0.2) is 47.4 Å². The average Bonchev–Trinajstić information content (AvgIpc) is 2.94. The van der Waals surface area contributed by atoms with Crippen molar-refractivity contribution >= 4 is 35.1 Å². The van der Waals surface area contributed by atoms with Crippen LogP contribution in [0.25, 0.3) is 0 Å². The first kappa shape index (κ1) is 22.9. The maximum absolute atomic E-state index is 14.0. The molecule has 11 heteroatoms. The van der Waals surface area contributed by atoms with Crippen molar-refractivity contribution in [3.63, 3.8) is 0 Å². The molecule has 0 bridgehead atoms. The molecule has 2 aliphatic heterocycles. The van der Waals surface area contributed by atoms with Crippen LogP contribution in [0.3, 0.4) is 0 Å². The van der Waals surface area contributed by atoms with Gasteiger partial charge in [0.2, 0.25) is 11.8 Å². The summed E-state index contributed by atoms with van der Waals surface area (Å²) in [5.74, 6) is -2.70. The molecule has 2 atom stereocenters. The molecule has 3 aliphatic rings. The van der Waals surface area contributed by atoms with Crippen LogP contribution in [-0.2, 0) is 26.3 Å². The van der Waals surface area contributed by atoms with Gasteiger partial charge in [-0.15, -0.1) is 0 Å². The molecule has 2 aromatic carbocycles. The topological polar surface area (TPSA) is 98.8 Å². The molecule has 1 aliphatic carbocycles. The number of hydrogen-bond acceptors (Lipinski definition) is 4. The van der Waals surface area contributed by atoms with E-state index < -0.39 is 54.5 Å². The van der Waals surface area contributed by atoms with Gasteiger partial charge in [0.1, 0.15) is 18.1 Å². The highest BCUT2D eigenvalue weighted by molar-refractivity contribution is 6.12. The molecular weight excluding hydrogens is 465 g/mol. The minimum Gasteiger partial charge on any atom is -0.324 e. The normalized spacial score (nSPS) is 24.0. The summed E-state index contributed by atoms with van der Waals surface area (Å²) in [6.07, 6.45) is -4.28. The van der Waals surface area contributed by atoms with Gasteiger partial charge in [0, 0.05) is 0 Å². The van der Waals surface area contributed by atoms with Crippen LogP contribution < -0.4 is 15.5 Å². The number of alkyl halides is 3. The van der Waals surface area contributed by atoms with E-state index in [1.165, 1.54) is 24.3 Å². The molecule has 2 heterocycles. The van der Waals surface area contributed by atoms with Crippen LogP contribution in [0.5, 0.6) is 0 Å². The van der Waals surface area contributed by atoms with Gasteiger partial charge in [0.15, 0.2) is 0 Å². The average molecular weight is 486 g/mol. The lowest BCUT2D eigenvalue weighted by Gasteiger charge is -2.34. The highest BCUT2D eigenvalue weighted by Crippen LogP contribution is 2.41. The highest BCUT2D eigenvalue weighted by Gasteiger charge is 2.55. The number of anilines is 2. The monoisotopic (exact) mass is 486 g/mol. The van der Waals surface area contributed by atoms with Gasteiger partial charge in [-0.05, 0) is 42.5 Å². The maximum Gasteiger partial charge on any atom is 0.409 e. The van der Waals surface area contributed by atoms with Crippen LogP contribution in [0.4, 0.5) is 29.3 Å². The number of urea groups is 1. The number of nitrogens with one attached hydrogen (secondary N) is 2. The van der Waals surface area contributed by atoms with Gasteiger partial charge in [-0.2, -0.15) is 13.2 Å². The summed E-state index contributed by atoms with van der Waals surface area (Å²) in [5, 5.41) is 5.08. The number of carbonyl (C=O) groups excluding carboxylic acids is 4. The molecule has 0 saturated carbocycles. The Hall–Kier alpha value is -3.89. The van der Waals surface area contributed by atoms with Crippen molar-refractivity contribution in [1.82, 2.24) is 10.2 Å². The molecule has 0 aromatic heterocycles. The Morgan fingerprint density at radius 1 is 1.06 bits per heavy atom. The van der Waals surface area contributed by atoms with E-state index in [-0.39, 0.29) is 11.4 Å². The first-order valence-corrected chi connectivity index (χ1v) is 11.1. The van der Waals surface area contributed by atoms with E-state index in [1.54, 1.807) is 12.1 Å². The van der Waals surface area contributed by atoms with E-state index in [0.29, 0.717) is 28.2 Å². The second kappa shape index (κ2) is 8.10. The molecule has 35 heavy (non-hydrogen) atoms. The summed E-state index contributed by atoms with van der Waals surface area (Å²) < 4.78 is 42.0. The highest BCUT2D eigenvalue weighted by atomic mass is 19.4. The van der Waals surface area contributed by atoms with Crippen LogP contribution in [0.1, 0.15) is 30.4 Å². The SMILES string of the molecule is O=C1C[C@H](C(F)(F)F)N(C(=O)CN2C(=O)N[C@@]3(CCCc4ccccc43)C2=O)c2ccccc2N1. The molecule has 1 spiro atoms. The van der Waals surface area contributed by atoms with Crippen LogP contribution in [0, 0.1) is 0 Å². The van der Waals surface area contributed by atoms with E-state index in [9.17, 15) is 32.3 Å². The van der Waals surface area contributed by atoms with Gasteiger partial charge in [-0.3, -0.25) is 24.2 Å². The number of benzene rings is 2. The van der Waals surface area contributed by atoms with E-state index in [1.807, 2.05) is 12.1 Å². The summed E-state index contributed by atoms with van der Waals surface area (Å²) in [6, 6.07) is 9.47. The molecule has 2 aromatic rings. The summed E-state index contributed by atoms with van der Waals surface area (Å²) in [7, 11) is 0. The lowest BCUT2D eigenvalue weighted by molar-refractivity contribution is -0.158. The summed E-state index contributed by atoms with van der Waals surface area (Å²) >= 11 is 0. The van der Waals surface area contributed by atoms with Crippen LogP contribution >= 0.6 is 0 Å². The van der Waals surface area contributed by atoms with Crippen molar-refractivity contribution in [3.8, 4) is 0 Å². The van der Waals surface area contributed by atoms with Gasteiger partial charge in [-0.1, -0.05) is 36.4 Å². The predicted octanol–water partition coefficient (Wildman–Crippen LogP) is 3.08. The van der Waals surface area contributed by atoms with E-state index in [4.69, 9.17) is 0 Å². The van der Waals surface area contributed by atoms with Crippen molar-refractivity contribution in [2.24, 2.45) is 0 Å². The second-order valence-corrected chi connectivity index (χ2v) is 8.83. The molecular formula is C24H21F3N4O4. The Morgan fingerprint density at radius 3 is 2.54 bits per heavy atom. The van der Waals surface area contributed by atoms with Crippen LogP contribution in [0.15, 0.2) is 48.5 Å². The summed E-state index contributed by atoms with van der Waals surface area (Å²) in [6.45, 7) is -0.899. The minimum absolute atomic E-state index is 0.0347. The zero-order valence-electron chi connectivity index (χ0n) is 18.4. The van der Waals surface area contributed by atoms with Crippen LogP contribution in [0.2, 0.25) is 0 Å². The van der Waals surface area contributed by atoms with E-state index >= 15 is 0 Å². The van der Waals surface area contributed by atoms with E-state index in [0.717, 1.165) is 12.0 Å². The number of imide groups is 1. The maximum atomic E-state index is 14.0. The first-order valence-electron chi connectivity index (χ1n) is 11.1. The Kier molecular flexibility index (Phi) is 5.30. The van der Waals surface area contributed by atoms with Crippen molar-refractivity contribution in [2.75, 3.05) is 16.8 Å². The number of carbonyl (C=O) groups is 4. The standard InChI is InChI=1S/C24H21F3N4O4/c25-24(26,27)18-12-19(32)28-16-9-3-4-10-17(16)31(18)20(33)13-30-21(34)23(29-22(30)35)11-5-7-14-6-1-2-8-15(14)23/h1-4,6,8-10,18H,5,7,11-13H2,(H,28,32)(H,29,35)/t18-,23-/m1/s1. The fourth-order valence-corrected chi connectivity index (χ4v) is 5.16. The van der Waals surface area contributed by atoms with Crippen molar-refractivity contribution in [1.29, 1.82) is 0 Å². The molecule has 182 valence electrons. The number of para-hydroxylation sites is 2. The number of amides is 5. The van der Waals surface area contributed by atoms with Gasteiger partial charge in [0.25, 0.3) is 5.91 Å². The quantitative estimate of drug-likeness (QED) is 0.638. The van der Waals surface area contributed by atoms with E-state index in [2.05, 4.69) is 10.6 Å².